The topological polar surface area (TPSA) is 50.4 Å². The van der Waals surface area contributed by atoms with Gasteiger partial charge in [-0.2, -0.15) is 0 Å². The average molecular weight is 373 g/mol. The Bertz CT molecular complexity index is 372. The Morgan fingerprint density at radius 2 is 1.84 bits per heavy atom. The minimum Gasteiger partial charge on any atom is -0.370 e. The Morgan fingerprint density at radius 1 is 1.16 bits per heavy atom. The number of benzene rings is 1. The molecule has 1 aromatic rings. The van der Waals surface area contributed by atoms with Crippen LogP contribution in [-0.4, -0.2) is 12.5 Å². The predicted molar refractivity (Wildman–Crippen MR) is 91.8 cm³/mol. The van der Waals surface area contributed by atoms with Crippen molar-refractivity contribution in [3.8, 4) is 0 Å². The molecule has 0 aromatic heterocycles. The molecule has 1 saturated carbocycles. The molecule has 106 valence electrons. The van der Waals surface area contributed by atoms with Crippen LogP contribution in [0.1, 0.15) is 37.7 Å². The van der Waals surface area contributed by atoms with Gasteiger partial charge in [0.25, 0.3) is 0 Å². The van der Waals surface area contributed by atoms with Crippen molar-refractivity contribution in [1.29, 1.82) is 0 Å². The number of hydrogen-bond acceptors (Lipinski definition) is 1. The molecule has 1 aromatic carbocycles. The molecule has 2 rings (SSSR count). The fraction of sp³-hybridized carbons (Fsp3) is 0.533. The van der Waals surface area contributed by atoms with Crippen LogP contribution >= 0.6 is 24.0 Å². The van der Waals surface area contributed by atoms with E-state index in [1.807, 2.05) is 18.2 Å². The van der Waals surface area contributed by atoms with E-state index in [0.717, 1.165) is 12.5 Å². The lowest BCUT2D eigenvalue weighted by Gasteiger charge is -2.21. The Labute approximate surface area is 133 Å². The van der Waals surface area contributed by atoms with Crippen molar-refractivity contribution in [3.63, 3.8) is 0 Å². The second kappa shape index (κ2) is 9.18. The van der Waals surface area contributed by atoms with E-state index < -0.39 is 0 Å². The Hall–Kier alpha value is -0.780. The number of rotatable bonds is 4. The fourth-order valence-corrected chi connectivity index (χ4v) is 2.46. The van der Waals surface area contributed by atoms with Crippen molar-refractivity contribution in [3.05, 3.63) is 35.9 Å². The molecule has 0 aliphatic heterocycles. The van der Waals surface area contributed by atoms with Crippen molar-refractivity contribution < 1.29 is 0 Å². The van der Waals surface area contributed by atoms with Crippen molar-refractivity contribution in [2.45, 2.75) is 38.6 Å². The van der Waals surface area contributed by atoms with Crippen LogP contribution in [0.2, 0.25) is 0 Å². The van der Waals surface area contributed by atoms with Crippen LogP contribution in [0, 0.1) is 5.92 Å². The van der Waals surface area contributed by atoms with E-state index >= 15 is 0 Å². The summed E-state index contributed by atoms with van der Waals surface area (Å²) >= 11 is 0. The lowest BCUT2D eigenvalue weighted by molar-refractivity contribution is 0.356. The van der Waals surface area contributed by atoms with Crippen LogP contribution in [-0.2, 0) is 6.54 Å². The van der Waals surface area contributed by atoms with E-state index in [2.05, 4.69) is 22.4 Å². The molecule has 4 heteroatoms. The van der Waals surface area contributed by atoms with E-state index in [9.17, 15) is 0 Å². The van der Waals surface area contributed by atoms with E-state index in [-0.39, 0.29) is 24.0 Å². The van der Waals surface area contributed by atoms with Crippen LogP contribution in [0.4, 0.5) is 0 Å². The summed E-state index contributed by atoms with van der Waals surface area (Å²) in [7, 11) is 0. The van der Waals surface area contributed by atoms with Gasteiger partial charge in [-0.3, -0.25) is 0 Å². The average Bonchev–Trinajstić information content (AvgIpc) is 2.45. The summed E-state index contributed by atoms with van der Waals surface area (Å²) in [4.78, 5) is 4.36. The van der Waals surface area contributed by atoms with Crippen molar-refractivity contribution in [1.82, 2.24) is 5.32 Å². The maximum atomic E-state index is 5.88. The highest BCUT2D eigenvalue weighted by Crippen LogP contribution is 2.22. The third-order valence-corrected chi connectivity index (χ3v) is 3.57. The van der Waals surface area contributed by atoms with E-state index in [1.165, 1.54) is 37.7 Å². The van der Waals surface area contributed by atoms with Gasteiger partial charge in [0.2, 0.25) is 0 Å². The van der Waals surface area contributed by atoms with Crippen molar-refractivity contribution in [2.75, 3.05) is 6.54 Å². The van der Waals surface area contributed by atoms with Crippen LogP contribution in [0.3, 0.4) is 0 Å². The lowest BCUT2D eigenvalue weighted by Crippen LogP contribution is -2.36. The number of hydrogen-bond donors (Lipinski definition) is 2. The smallest absolute Gasteiger partial charge is 0.188 e. The quantitative estimate of drug-likeness (QED) is 0.484. The van der Waals surface area contributed by atoms with Crippen molar-refractivity contribution in [2.24, 2.45) is 16.6 Å². The van der Waals surface area contributed by atoms with Gasteiger partial charge >= 0.3 is 0 Å². The van der Waals surface area contributed by atoms with Crippen LogP contribution in [0.15, 0.2) is 35.3 Å². The number of guanidine groups is 1. The SMILES string of the molecule is I.NC(=NCc1ccccc1)NCC1CCCCC1. The van der Waals surface area contributed by atoms with Gasteiger partial charge in [-0.1, -0.05) is 49.6 Å². The number of nitrogens with one attached hydrogen (secondary N) is 1. The molecule has 3 nitrogen and oxygen atoms in total. The molecular weight excluding hydrogens is 349 g/mol. The zero-order valence-corrected chi connectivity index (χ0v) is 13.7. The minimum absolute atomic E-state index is 0. The monoisotopic (exact) mass is 373 g/mol. The van der Waals surface area contributed by atoms with Crippen LogP contribution < -0.4 is 11.1 Å². The Morgan fingerprint density at radius 3 is 2.53 bits per heavy atom. The van der Waals surface area contributed by atoms with Gasteiger partial charge in [-0.25, -0.2) is 4.99 Å². The van der Waals surface area contributed by atoms with Gasteiger partial charge in [0.15, 0.2) is 5.96 Å². The molecule has 0 bridgehead atoms. The minimum atomic E-state index is 0. The van der Waals surface area contributed by atoms with E-state index in [0.29, 0.717) is 12.5 Å². The van der Waals surface area contributed by atoms with Crippen molar-refractivity contribution >= 4 is 29.9 Å². The second-order valence-electron chi connectivity index (χ2n) is 5.07. The first-order valence-corrected chi connectivity index (χ1v) is 6.92. The molecule has 0 radical (unpaired) electrons. The maximum Gasteiger partial charge on any atom is 0.188 e. The zero-order chi connectivity index (χ0) is 12.6. The van der Waals surface area contributed by atoms with Gasteiger partial charge in [-0.05, 0) is 24.3 Å². The molecule has 0 atom stereocenters. The molecule has 0 unspecified atom stereocenters. The Balaban J connectivity index is 0.00000180. The van der Waals surface area contributed by atoms with Crippen LogP contribution in [0.25, 0.3) is 0 Å². The van der Waals surface area contributed by atoms with Gasteiger partial charge in [0.05, 0.1) is 6.54 Å². The first-order chi connectivity index (χ1) is 8.84. The molecule has 0 spiro atoms. The molecule has 1 fully saturated rings. The first-order valence-electron chi connectivity index (χ1n) is 6.92. The normalized spacial score (nSPS) is 16.7. The summed E-state index contributed by atoms with van der Waals surface area (Å²) in [5.41, 5.74) is 7.07. The van der Waals surface area contributed by atoms with Gasteiger partial charge in [0, 0.05) is 6.54 Å². The number of nitrogens with zero attached hydrogens (tertiary/aromatic N) is 1. The lowest BCUT2D eigenvalue weighted by atomic mass is 9.89. The fourth-order valence-electron chi connectivity index (χ4n) is 2.46. The van der Waals surface area contributed by atoms with Gasteiger partial charge in [-0.15, -0.1) is 24.0 Å². The standard InChI is InChI=1S/C15H23N3.HI/c16-15(17-11-13-7-3-1-4-8-13)18-12-14-9-5-2-6-10-14;/h1,3-4,7-8,14H,2,5-6,9-12H2,(H3,16,17,18);1H. The summed E-state index contributed by atoms with van der Waals surface area (Å²) in [6.45, 7) is 1.63. The number of halogens is 1. The summed E-state index contributed by atoms with van der Waals surface area (Å²) in [5, 5.41) is 3.25. The summed E-state index contributed by atoms with van der Waals surface area (Å²) in [6, 6.07) is 10.2. The summed E-state index contributed by atoms with van der Waals surface area (Å²) in [6.07, 6.45) is 6.80. The molecule has 3 N–H and O–H groups in total. The maximum absolute atomic E-state index is 5.88. The molecule has 0 saturated heterocycles. The van der Waals surface area contributed by atoms with Gasteiger partial charge < -0.3 is 11.1 Å². The number of nitrogens with two attached hydrogens (primary N) is 1. The molecular formula is C15H24IN3. The molecule has 1 aliphatic carbocycles. The highest BCUT2D eigenvalue weighted by molar-refractivity contribution is 14.0. The zero-order valence-electron chi connectivity index (χ0n) is 11.3. The Kier molecular flexibility index (Phi) is 7.86. The third kappa shape index (κ3) is 6.27. The molecule has 0 amide bonds. The summed E-state index contributed by atoms with van der Waals surface area (Å²) in [5.74, 6) is 1.36. The largest absolute Gasteiger partial charge is 0.370 e. The third-order valence-electron chi connectivity index (χ3n) is 3.57. The van der Waals surface area contributed by atoms with E-state index in [1.54, 1.807) is 0 Å². The first kappa shape index (κ1) is 16.3. The highest BCUT2D eigenvalue weighted by atomic mass is 127. The second-order valence-corrected chi connectivity index (χ2v) is 5.07. The highest BCUT2D eigenvalue weighted by Gasteiger charge is 2.12. The van der Waals surface area contributed by atoms with E-state index in [4.69, 9.17) is 5.73 Å². The molecule has 1 aliphatic rings. The van der Waals surface area contributed by atoms with Crippen LogP contribution in [0.5, 0.6) is 0 Å². The summed E-state index contributed by atoms with van der Waals surface area (Å²) < 4.78 is 0. The van der Waals surface area contributed by atoms with Gasteiger partial charge in [0.1, 0.15) is 0 Å². The molecule has 19 heavy (non-hydrogen) atoms. The number of aliphatic imine (C=N–C) groups is 1. The predicted octanol–water partition coefficient (Wildman–Crippen LogP) is 3.29. The molecule has 0 heterocycles.